The van der Waals surface area contributed by atoms with Crippen molar-refractivity contribution in [3.05, 3.63) is 381 Å². The Hall–Kier alpha value is -15.5. The molecule has 0 saturated heterocycles. The third-order valence-corrected chi connectivity index (χ3v) is 23.8. The zero-order chi connectivity index (χ0) is 78.2. The second kappa shape index (κ2) is 27.4. The minimum absolute atomic E-state index is 0.842. The van der Waals surface area contributed by atoms with Crippen LogP contribution in [-0.4, -0.2) is 47.8 Å². The number of aromatic nitrogens is 10. The van der Waals surface area contributed by atoms with Crippen LogP contribution in [0, 0.1) is 0 Å². The summed E-state index contributed by atoms with van der Waals surface area (Å²) in [5, 5.41) is 7.65. The van der Waals surface area contributed by atoms with Gasteiger partial charge in [0.05, 0.1) is 129 Å². The van der Waals surface area contributed by atoms with Crippen molar-refractivity contribution in [3.63, 3.8) is 0 Å². The van der Waals surface area contributed by atoms with E-state index < -0.39 is 0 Å². The van der Waals surface area contributed by atoms with Crippen LogP contribution in [0.5, 0.6) is 0 Å². The van der Waals surface area contributed by atoms with E-state index in [1.807, 2.05) is 42.5 Å². The van der Waals surface area contributed by atoms with Crippen LogP contribution < -0.4 is 14.7 Å². The molecule has 22 aromatic rings. The monoisotopic (exact) mass is 1520 g/mol. The van der Waals surface area contributed by atoms with Crippen molar-refractivity contribution in [1.82, 2.24) is 47.8 Å². The third kappa shape index (κ3) is 10.5. The molecule has 3 aliphatic heterocycles. The molecule has 0 bridgehead atoms. The van der Waals surface area contributed by atoms with Crippen molar-refractivity contribution in [1.29, 1.82) is 0 Å². The number of para-hydroxylation sites is 11. The summed E-state index contributed by atoms with van der Waals surface area (Å²) in [6, 6.07) is 129. The SMILES string of the molecule is CCc1nc2cccc3c2n1-c1ccc(-c2nc4ccccc4nc2-c2ccccc2)cc1N3c1ccccc1.CCc1nc2cccc3c2n1-c1ccc(-n2c4ccccc4c4c5ccccc5ccc42)cc1N3c1ccccc1.CCc1nc2cccc3c2n1-c1ccc(-n2c4ccccc4c4ccccc42)cc1N3c1ccccc1. The summed E-state index contributed by atoms with van der Waals surface area (Å²) in [6.07, 6.45) is 2.57. The summed E-state index contributed by atoms with van der Waals surface area (Å²) in [5.41, 5.74) is 32.9. The summed E-state index contributed by atoms with van der Waals surface area (Å²) in [4.78, 5) is 32.5. The molecule has 13 heteroatoms. The molecule has 0 amide bonds. The Morgan fingerprint density at radius 1 is 0.212 bits per heavy atom. The maximum atomic E-state index is 5.18. The van der Waals surface area contributed by atoms with Crippen LogP contribution in [0.2, 0.25) is 0 Å². The molecular formula is C105H75N13. The second-order valence-electron chi connectivity index (χ2n) is 30.3. The van der Waals surface area contributed by atoms with Crippen LogP contribution >= 0.6 is 0 Å². The highest BCUT2D eigenvalue weighted by atomic mass is 15.3. The Bertz CT molecular complexity index is 7730. The molecule has 3 aliphatic rings. The van der Waals surface area contributed by atoms with E-state index in [2.05, 4.69) is 380 Å². The number of nitrogens with zero attached hydrogens (tertiary/aromatic N) is 13. The van der Waals surface area contributed by atoms with Gasteiger partial charge in [-0.1, -0.05) is 227 Å². The highest BCUT2D eigenvalue weighted by Crippen LogP contribution is 2.53. The van der Waals surface area contributed by atoms with Gasteiger partial charge in [-0.15, -0.1) is 0 Å². The van der Waals surface area contributed by atoms with Crippen molar-refractivity contribution in [3.8, 4) is 51.0 Å². The summed E-state index contributed by atoms with van der Waals surface area (Å²) in [6.45, 7) is 6.53. The highest BCUT2D eigenvalue weighted by molar-refractivity contribution is 6.21. The summed E-state index contributed by atoms with van der Waals surface area (Å²) in [5.74, 6) is 3.22. The molecule has 13 nitrogen and oxygen atoms in total. The van der Waals surface area contributed by atoms with Crippen molar-refractivity contribution in [2.24, 2.45) is 0 Å². The summed E-state index contributed by atoms with van der Waals surface area (Å²) < 4.78 is 11.9. The van der Waals surface area contributed by atoms with Gasteiger partial charge in [0.2, 0.25) is 0 Å². The van der Waals surface area contributed by atoms with Gasteiger partial charge >= 0.3 is 0 Å². The van der Waals surface area contributed by atoms with Gasteiger partial charge in [0.25, 0.3) is 0 Å². The first-order valence-electron chi connectivity index (χ1n) is 40.7. The van der Waals surface area contributed by atoms with Crippen LogP contribution in [0.15, 0.2) is 364 Å². The molecular weight excluding hydrogens is 1440 g/mol. The predicted octanol–water partition coefficient (Wildman–Crippen LogP) is 26.7. The third-order valence-electron chi connectivity index (χ3n) is 23.8. The number of rotatable bonds is 10. The average Bonchev–Trinajstić information content (AvgIpc) is 1.52. The van der Waals surface area contributed by atoms with E-state index in [9.17, 15) is 0 Å². The number of hydrogen-bond donors (Lipinski definition) is 0. The van der Waals surface area contributed by atoms with Crippen molar-refractivity contribution in [2.75, 3.05) is 14.7 Å². The standard InChI is InChI=1S/C37H26N4.C35H25N5.C33H24N4/c1-2-35-38-29-16-10-18-33-37(29)41(35)31-22-20-26(23-34(31)39(33)25-12-4-3-5-13-25)40-30-17-9-8-15-28(30)36-27-14-7-6-11-24(27)19-21-32(36)40;1-2-32-36-28-18-11-19-30-35(28)40(32)29-21-20-24(22-31(29)39(30)25-14-7-4-8-15-25)34-33(23-12-5-3-6-13-23)37-26-16-9-10-17-27(26)38-34;1-2-32-34-26-15-10-18-30-33(26)37(32)29-20-19-23(21-31(29)35(30)22-11-4-3-5-12-22)36-27-16-8-6-13-24(27)25-14-7-9-17-28(25)36/h3-23H,2H2,1H3;3-22H,2H2,1H3;3-21H,2H2,1H3. The van der Waals surface area contributed by atoms with Crippen LogP contribution in [0.25, 0.3) is 149 Å². The smallest absolute Gasteiger partial charge is 0.114 e. The van der Waals surface area contributed by atoms with Gasteiger partial charge < -0.3 is 23.8 Å². The van der Waals surface area contributed by atoms with Gasteiger partial charge in [-0.3, -0.25) is 13.7 Å². The molecule has 560 valence electrons. The average molecular weight is 1520 g/mol. The molecule has 0 radical (unpaired) electrons. The topological polar surface area (TPSA) is 98.8 Å². The molecule has 25 rings (SSSR count). The lowest BCUT2D eigenvalue weighted by molar-refractivity contribution is 0.899. The summed E-state index contributed by atoms with van der Waals surface area (Å²) in [7, 11) is 0. The van der Waals surface area contributed by atoms with E-state index >= 15 is 0 Å². The van der Waals surface area contributed by atoms with E-state index in [4.69, 9.17) is 24.9 Å². The summed E-state index contributed by atoms with van der Waals surface area (Å²) >= 11 is 0. The number of imidazole rings is 3. The highest BCUT2D eigenvalue weighted by Gasteiger charge is 2.34. The van der Waals surface area contributed by atoms with Crippen molar-refractivity contribution < 1.29 is 0 Å². The van der Waals surface area contributed by atoms with Gasteiger partial charge in [0.1, 0.15) is 17.5 Å². The zero-order valence-corrected chi connectivity index (χ0v) is 65.1. The Balaban J connectivity index is 0.000000104. The Morgan fingerprint density at radius 2 is 0.568 bits per heavy atom. The molecule has 0 unspecified atom stereocenters. The number of hydrogen-bond acceptors (Lipinski definition) is 8. The fourth-order valence-corrected chi connectivity index (χ4v) is 18.8. The Kier molecular flexibility index (Phi) is 15.8. The fraction of sp³-hybridized carbons (Fsp3) is 0.0571. The lowest BCUT2D eigenvalue weighted by atomic mass is 10.0. The number of fused-ring (bicyclic) bond motifs is 15. The molecule has 16 aromatic carbocycles. The van der Waals surface area contributed by atoms with E-state index in [0.717, 1.165) is 177 Å². The van der Waals surface area contributed by atoms with Crippen molar-refractivity contribution in [2.45, 2.75) is 40.0 Å². The van der Waals surface area contributed by atoms with E-state index in [1.54, 1.807) is 0 Å². The van der Waals surface area contributed by atoms with Gasteiger partial charge in [0.15, 0.2) is 0 Å². The van der Waals surface area contributed by atoms with Crippen LogP contribution in [0.3, 0.4) is 0 Å². The predicted molar refractivity (Wildman–Crippen MR) is 486 cm³/mol. The largest absolute Gasteiger partial charge is 0.309 e. The first kappa shape index (κ1) is 68.2. The molecule has 0 aliphatic carbocycles. The van der Waals surface area contributed by atoms with E-state index in [1.165, 1.54) is 59.9 Å². The van der Waals surface area contributed by atoms with E-state index in [-0.39, 0.29) is 0 Å². The van der Waals surface area contributed by atoms with Gasteiger partial charge in [-0.25, -0.2) is 24.9 Å². The van der Waals surface area contributed by atoms with Gasteiger partial charge in [-0.2, -0.15) is 0 Å². The molecule has 9 heterocycles. The second-order valence-corrected chi connectivity index (χ2v) is 30.3. The van der Waals surface area contributed by atoms with E-state index in [0.29, 0.717) is 0 Å². The molecule has 6 aromatic heterocycles. The minimum atomic E-state index is 0.842. The zero-order valence-electron chi connectivity index (χ0n) is 65.1. The first-order chi connectivity index (χ1) is 58.4. The quantitative estimate of drug-likeness (QED) is 0.134. The molecule has 0 atom stereocenters. The van der Waals surface area contributed by atoms with Gasteiger partial charge in [0, 0.05) is 80.4 Å². The number of benzene rings is 16. The number of anilines is 9. The lowest BCUT2D eigenvalue weighted by Crippen LogP contribution is -2.19. The molecule has 0 fully saturated rings. The van der Waals surface area contributed by atoms with Crippen LogP contribution in [-0.2, 0) is 19.3 Å². The van der Waals surface area contributed by atoms with Crippen LogP contribution in [0.1, 0.15) is 38.2 Å². The number of aryl methyl sites for hydroxylation is 3. The molecule has 118 heavy (non-hydrogen) atoms. The minimum Gasteiger partial charge on any atom is -0.309 e. The Morgan fingerprint density at radius 3 is 1.03 bits per heavy atom. The van der Waals surface area contributed by atoms with Crippen molar-refractivity contribution >= 4 is 150 Å². The fourth-order valence-electron chi connectivity index (χ4n) is 18.8. The Labute approximate surface area is 680 Å². The lowest BCUT2D eigenvalue weighted by Gasteiger charge is -2.33. The first-order valence-corrected chi connectivity index (χ1v) is 40.7. The maximum Gasteiger partial charge on any atom is 0.114 e. The van der Waals surface area contributed by atoms with Gasteiger partial charge in [-0.05, 0) is 168 Å². The molecule has 0 N–H and O–H groups in total. The molecule has 0 saturated carbocycles. The van der Waals surface area contributed by atoms with Crippen LogP contribution in [0.4, 0.5) is 51.2 Å². The molecule has 0 spiro atoms. The normalized spacial score (nSPS) is 12.4. The maximum absolute atomic E-state index is 5.18.